The van der Waals surface area contributed by atoms with Gasteiger partial charge in [0.25, 0.3) is 0 Å². The van der Waals surface area contributed by atoms with E-state index in [1.54, 1.807) is 18.2 Å². The molecule has 0 bridgehead atoms. The van der Waals surface area contributed by atoms with Gasteiger partial charge in [-0.15, -0.1) is 0 Å². The van der Waals surface area contributed by atoms with Gasteiger partial charge in [0.1, 0.15) is 29.5 Å². The molecule has 3 heterocycles. The molecule has 4 aromatic rings. The predicted octanol–water partition coefficient (Wildman–Crippen LogP) is 4.57. The number of anilines is 1. The van der Waals surface area contributed by atoms with Crippen molar-refractivity contribution >= 4 is 17.4 Å². The molecule has 0 saturated heterocycles. The van der Waals surface area contributed by atoms with Crippen LogP contribution in [0.15, 0.2) is 65.5 Å². The third kappa shape index (κ3) is 4.75. The fourth-order valence-corrected chi connectivity index (χ4v) is 3.96. The molecule has 0 aliphatic heterocycles. The lowest BCUT2D eigenvalue weighted by molar-refractivity contribution is -0.138. The predicted molar refractivity (Wildman–Crippen MR) is 131 cm³/mol. The number of carbonyl (C=O) groups is 1. The number of aliphatic carboxylic acids is 1. The van der Waals surface area contributed by atoms with Crippen LogP contribution in [0.5, 0.6) is 0 Å². The van der Waals surface area contributed by atoms with Crippen LogP contribution in [0.1, 0.15) is 24.5 Å². The number of rotatable bonds is 8. The number of nitrogens with zero attached hydrogens (tertiary/aromatic N) is 6. The molecule has 1 aliphatic carbocycles. The first kappa shape index (κ1) is 24.0. The first-order valence-corrected chi connectivity index (χ1v) is 11.4. The highest BCUT2D eigenvalue weighted by Crippen LogP contribution is 2.28. The second-order valence-corrected chi connectivity index (χ2v) is 8.55. The number of hydrogen-bond acceptors (Lipinski definition) is 7. The van der Waals surface area contributed by atoms with Gasteiger partial charge in [-0.2, -0.15) is 5.10 Å². The van der Waals surface area contributed by atoms with Crippen LogP contribution in [0.2, 0.25) is 0 Å². The quantitative estimate of drug-likeness (QED) is 0.372. The third-order valence-electron chi connectivity index (χ3n) is 6.19. The van der Waals surface area contributed by atoms with Gasteiger partial charge in [0.2, 0.25) is 0 Å². The van der Waals surface area contributed by atoms with E-state index in [4.69, 9.17) is 4.52 Å². The summed E-state index contributed by atoms with van der Waals surface area (Å²) in [6, 6.07) is 7.30. The van der Waals surface area contributed by atoms with E-state index >= 15 is 4.39 Å². The minimum absolute atomic E-state index is 0.0695. The van der Waals surface area contributed by atoms with Gasteiger partial charge in [-0.05, 0) is 36.6 Å². The van der Waals surface area contributed by atoms with Crippen molar-refractivity contribution in [3.05, 3.63) is 83.8 Å². The van der Waals surface area contributed by atoms with Crippen LogP contribution in [0.3, 0.4) is 0 Å². The Morgan fingerprint density at radius 1 is 1.22 bits per heavy atom. The summed E-state index contributed by atoms with van der Waals surface area (Å²) in [6.07, 6.45) is 9.19. The molecular formula is C26H22F2N6O3. The van der Waals surface area contributed by atoms with Gasteiger partial charge in [0.15, 0.2) is 17.5 Å². The first-order chi connectivity index (χ1) is 17.8. The van der Waals surface area contributed by atoms with E-state index < -0.39 is 17.8 Å². The fourth-order valence-electron chi connectivity index (χ4n) is 3.96. The van der Waals surface area contributed by atoms with E-state index in [9.17, 15) is 14.3 Å². The van der Waals surface area contributed by atoms with Crippen LogP contribution in [-0.2, 0) is 11.3 Å². The van der Waals surface area contributed by atoms with Crippen LogP contribution in [-0.4, -0.2) is 49.1 Å². The number of aromatic nitrogens is 5. The van der Waals surface area contributed by atoms with Gasteiger partial charge in [-0.3, -0.25) is 4.68 Å². The number of benzene rings is 1. The summed E-state index contributed by atoms with van der Waals surface area (Å²) in [4.78, 5) is 20.9. The topological polar surface area (TPSA) is 110 Å². The number of carboxylic acids is 1. The zero-order valence-electron chi connectivity index (χ0n) is 20.0. The average Bonchev–Trinajstić information content (AvgIpc) is 3.66. The van der Waals surface area contributed by atoms with E-state index in [0.29, 0.717) is 17.0 Å². The Hall–Kier alpha value is -4.67. The molecule has 11 heteroatoms. The Balaban J connectivity index is 1.52. The lowest BCUT2D eigenvalue weighted by atomic mass is 10.0. The standard InChI is InChI=1S/C26H22F2N6O3/c1-15(26(35)36)33(2)25-20(28)13-29-24(30-25)22-12-23(21-9-10-37-32-21)34(31-22)14-18-8-7-17(11-19(18)27)16-5-3-4-6-16/h3,5-13,15H,4,14H2,1-2H3,(H,35,36)/t15-/m0/s1. The van der Waals surface area contributed by atoms with Crippen LogP contribution in [0.4, 0.5) is 14.6 Å². The van der Waals surface area contributed by atoms with Crippen molar-refractivity contribution in [1.82, 2.24) is 24.9 Å². The number of hydrogen-bond donors (Lipinski definition) is 1. The molecule has 37 heavy (non-hydrogen) atoms. The summed E-state index contributed by atoms with van der Waals surface area (Å²) < 4.78 is 36.1. The summed E-state index contributed by atoms with van der Waals surface area (Å²) in [6.45, 7) is 1.49. The number of halogens is 2. The molecule has 1 atom stereocenters. The van der Waals surface area contributed by atoms with Crippen molar-refractivity contribution in [3.63, 3.8) is 0 Å². The van der Waals surface area contributed by atoms with Gasteiger partial charge < -0.3 is 14.5 Å². The molecule has 9 nitrogen and oxygen atoms in total. The zero-order valence-corrected chi connectivity index (χ0v) is 20.0. The lowest BCUT2D eigenvalue weighted by Gasteiger charge is -2.22. The molecule has 0 fully saturated rings. The monoisotopic (exact) mass is 504 g/mol. The molecular weight excluding hydrogens is 482 g/mol. The Bertz CT molecular complexity index is 1530. The Morgan fingerprint density at radius 2 is 2.05 bits per heavy atom. The highest BCUT2D eigenvalue weighted by atomic mass is 19.1. The normalized spacial score (nSPS) is 13.6. The van der Waals surface area contributed by atoms with E-state index in [-0.39, 0.29) is 29.7 Å². The highest BCUT2D eigenvalue weighted by molar-refractivity contribution is 5.77. The fraction of sp³-hybridized carbons (Fsp3) is 0.192. The van der Waals surface area contributed by atoms with Gasteiger partial charge in [-0.1, -0.05) is 35.5 Å². The van der Waals surface area contributed by atoms with Crippen LogP contribution in [0.25, 0.3) is 28.5 Å². The van der Waals surface area contributed by atoms with Gasteiger partial charge in [-0.25, -0.2) is 23.5 Å². The van der Waals surface area contributed by atoms with Gasteiger partial charge in [0.05, 0.1) is 18.4 Å². The SMILES string of the molecule is C[C@@H](C(=O)O)N(C)c1nc(-c2cc(-c3ccon3)n(Cc3ccc(C4=CCC=C4)cc3F)n2)ncc1F. The maximum Gasteiger partial charge on any atom is 0.326 e. The van der Waals surface area contributed by atoms with Crippen molar-refractivity contribution in [3.8, 4) is 22.9 Å². The molecule has 0 saturated carbocycles. The van der Waals surface area contributed by atoms with Crippen molar-refractivity contribution in [2.75, 3.05) is 11.9 Å². The second-order valence-electron chi connectivity index (χ2n) is 8.55. The van der Waals surface area contributed by atoms with E-state index in [1.165, 1.54) is 35.9 Å². The highest BCUT2D eigenvalue weighted by Gasteiger charge is 2.24. The molecule has 0 amide bonds. The van der Waals surface area contributed by atoms with E-state index in [2.05, 4.69) is 20.2 Å². The minimum atomic E-state index is -1.13. The summed E-state index contributed by atoms with van der Waals surface area (Å²) in [7, 11) is 1.43. The second kappa shape index (κ2) is 9.76. The molecule has 0 spiro atoms. The van der Waals surface area contributed by atoms with Crippen molar-refractivity contribution < 1.29 is 23.2 Å². The van der Waals surface area contributed by atoms with E-state index in [1.807, 2.05) is 24.3 Å². The van der Waals surface area contributed by atoms with E-state index in [0.717, 1.165) is 23.8 Å². The smallest absolute Gasteiger partial charge is 0.326 e. The first-order valence-electron chi connectivity index (χ1n) is 11.4. The van der Waals surface area contributed by atoms with Crippen LogP contribution >= 0.6 is 0 Å². The summed E-state index contributed by atoms with van der Waals surface area (Å²) in [5.74, 6) is -2.40. The third-order valence-corrected chi connectivity index (χ3v) is 6.19. The van der Waals surface area contributed by atoms with Gasteiger partial charge >= 0.3 is 5.97 Å². The largest absolute Gasteiger partial charge is 0.480 e. The van der Waals surface area contributed by atoms with Crippen LogP contribution < -0.4 is 4.90 Å². The van der Waals surface area contributed by atoms with Crippen LogP contribution in [0, 0.1) is 11.6 Å². The Morgan fingerprint density at radius 3 is 2.73 bits per heavy atom. The molecule has 188 valence electrons. The molecule has 3 aromatic heterocycles. The maximum absolute atomic E-state index is 15.1. The number of allylic oxidation sites excluding steroid dienone is 4. The lowest BCUT2D eigenvalue weighted by Crippen LogP contribution is -2.37. The zero-order chi connectivity index (χ0) is 26.1. The summed E-state index contributed by atoms with van der Waals surface area (Å²) in [5, 5.41) is 17.8. The molecule has 0 unspecified atom stereocenters. The molecule has 1 aromatic carbocycles. The van der Waals surface area contributed by atoms with Gasteiger partial charge in [0, 0.05) is 18.7 Å². The van der Waals surface area contributed by atoms with Crippen molar-refractivity contribution in [1.29, 1.82) is 0 Å². The molecule has 0 radical (unpaired) electrons. The number of carboxylic acid groups (broad SMARTS) is 1. The Labute approximate surface area is 210 Å². The number of likely N-dealkylation sites (N-methyl/N-ethyl adjacent to an activating group) is 1. The summed E-state index contributed by atoms with van der Waals surface area (Å²) >= 11 is 0. The average molecular weight is 504 g/mol. The molecule has 1 aliphatic rings. The van der Waals surface area contributed by atoms with Crippen molar-refractivity contribution in [2.24, 2.45) is 0 Å². The molecule has 5 rings (SSSR count). The summed E-state index contributed by atoms with van der Waals surface area (Å²) in [5.41, 5.74) is 3.41. The Kier molecular flexibility index (Phi) is 6.34. The van der Waals surface area contributed by atoms with Crippen molar-refractivity contribution in [2.45, 2.75) is 25.9 Å². The maximum atomic E-state index is 15.1. The molecule has 1 N–H and O–H groups in total. The minimum Gasteiger partial charge on any atom is -0.480 e.